The van der Waals surface area contributed by atoms with Crippen LogP contribution in [0.3, 0.4) is 0 Å². The number of aromatic amines is 1. The van der Waals surface area contributed by atoms with Crippen molar-refractivity contribution >= 4 is 7.85 Å². The molecule has 1 aromatic heterocycles. The molecule has 1 heterocycles. The first kappa shape index (κ1) is 25.2. The average Bonchev–Trinajstić information content (AvgIpc) is 3.38. The number of hydrogen-bond donors (Lipinski definition) is 1. The summed E-state index contributed by atoms with van der Waals surface area (Å²) in [6.45, 7) is 2.02. The van der Waals surface area contributed by atoms with E-state index in [0.717, 1.165) is 42.5 Å². The Hall–Kier alpha value is -3.40. The Labute approximate surface area is 204 Å². The van der Waals surface area contributed by atoms with Crippen LogP contribution in [0.2, 0.25) is 6.32 Å². The van der Waals surface area contributed by atoms with Crippen LogP contribution in [0.25, 0.3) is 0 Å². The molecule has 0 unspecified atom stereocenters. The van der Waals surface area contributed by atoms with Crippen molar-refractivity contribution in [3.05, 3.63) is 137 Å². The maximum Gasteiger partial charge on any atom is 0.123 e. The molecule has 1 N–H and O–H groups in total. The predicted octanol–water partition coefficient (Wildman–Crippen LogP) is 7.44. The number of H-pyrrole nitrogens is 1. The van der Waals surface area contributed by atoms with Crippen LogP contribution in [0.4, 0.5) is 4.39 Å². The van der Waals surface area contributed by atoms with Gasteiger partial charge in [0.2, 0.25) is 0 Å². The molecule has 0 aliphatic heterocycles. The number of aromatic nitrogens is 2. The van der Waals surface area contributed by atoms with Crippen molar-refractivity contribution in [2.45, 2.75) is 44.8 Å². The number of nitrogens with zero attached hydrogens (tertiary/aromatic N) is 1. The molecule has 4 rings (SSSR count). The van der Waals surface area contributed by atoms with Gasteiger partial charge in [0.05, 0.1) is 7.85 Å². The molecule has 0 spiro atoms. The van der Waals surface area contributed by atoms with Crippen LogP contribution in [-0.4, -0.2) is 17.8 Å². The summed E-state index contributed by atoms with van der Waals surface area (Å²) in [7, 11) is 5.52. The highest BCUT2D eigenvalue weighted by Gasteiger charge is 2.11. The zero-order valence-corrected chi connectivity index (χ0v) is 19.8. The van der Waals surface area contributed by atoms with Gasteiger partial charge in [-0.2, -0.15) is 0 Å². The first-order valence-corrected chi connectivity index (χ1v) is 11.9. The second-order valence-electron chi connectivity index (χ2n) is 8.19. The molecule has 3 aromatic carbocycles. The third-order valence-electron chi connectivity index (χ3n) is 5.63. The molecule has 0 aliphatic rings. The summed E-state index contributed by atoms with van der Waals surface area (Å²) in [5.74, 6) is 1.12. The lowest BCUT2D eigenvalue weighted by atomic mass is 9.88. The molecule has 0 fully saturated rings. The van der Waals surface area contributed by atoms with Gasteiger partial charge in [-0.1, -0.05) is 92.1 Å². The van der Waals surface area contributed by atoms with Crippen LogP contribution in [0.5, 0.6) is 0 Å². The minimum absolute atomic E-state index is 0.170. The van der Waals surface area contributed by atoms with Crippen molar-refractivity contribution in [2.75, 3.05) is 0 Å². The van der Waals surface area contributed by atoms with Gasteiger partial charge >= 0.3 is 0 Å². The zero-order valence-electron chi connectivity index (χ0n) is 19.8. The maximum absolute atomic E-state index is 13.2. The molecule has 0 atom stereocenters. The quantitative estimate of drug-likeness (QED) is 0.208. The van der Waals surface area contributed by atoms with E-state index < -0.39 is 0 Å². The number of hydrogen-bond acceptors (Lipinski definition) is 1. The SMILES string of the molecule is CCc1cc(F)cc(Cc2ncc[nH]2)c1.[B]CCC=CCC(c1ccccc1)c1ccccc1. The van der Waals surface area contributed by atoms with Crippen molar-refractivity contribution in [3.8, 4) is 0 Å². The fraction of sp³-hybridized carbons (Fsp3) is 0.233. The van der Waals surface area contributed by atoms with Crippen molar-refractivity contribution in [3.63, 3.8) is 0 Å². The van der Waals surface area contributed by atoms with Crippen molar-refractivity contribution in [2.24, 2.45) is 0 Å². The predicted molar refractivity (Wildman–Crippen MR) is 141 cm³/mol. The van der Waals surface area contributed by atoms with E-state index in [1.807, 2.05) is 13.0 Å². The third kappa shape index (κ3) is 8.19. The monoisotopic (exact) mass is 450 g/mol. The molecular formula is C30H32BFN2. The molecule has 2 nitrogen and oxygen atoms in total. The van der Waals surface area contributed by atoms with Crippen LogP contribution in [0, 0.1) is 5.82 Å². The summed E-state index contributed by atoms with van der Waals surface area (Å²) in [5.41, 5.74) is 4.72. The molecule has 34 heavy (non-hydrogen) atoms. The highest BCUT2D eigenvalue weighted by molar-refractivity contribution is 6.08. The molecule has 2 radical (unpaired) electrons. The Balaban J connectivity index is 0.000000196. The van der Waals surface area contributed by atoms with Gasteiger partial charge in [0.25, 0.3) is 0 Å². The maximum atomic E-state index is 13.2. The standard InChI is InChI=1S/C18H19B.C12H13FN2/c19-15-9-3-8-14-18(16-10-4-1-5-11-16)17-12-6-2-7-13-17;1-2-9-5-10(7-11(13)6-9)8-12-14-3-4-15-12/h1-8,10-13,18H,9,14-15H2;3-7H,2,8H2,1H3,(H,14,15). The Morgan fingerprint density at radius 3 is 2.12 bits per heavy atom. The number of benzene rings is 3. The molecular weight excluding hydrogens is 418 g/mol. The van der Waals surface area contributed by atoms with Gasteiger partial charge in [-0.15, -0.1) is 0 Å². The van der Waals surface area contributed by atoms with Crippen LogP contribution >= 0.6 is 0 Å². The van der Waals surface area contributed by atoms with E-state index in [2.05, 4.69) is 82.8 Å². The number of aryl methyl sites for hydroxylation is 1. The Morgan fingerprint density at radius 1 is 0.912 bits per heavy atom. The molecule has 4 heteroatoms. The van der Waals surface area contributed by atoms with E-state index in [1.165, 1.54) is 11.1 Å². The topological polar surface area (TPSA) is 28.7 Å². The average molecular weight is 450 g/mol. The summed E-state index contributed by atoms with van der Waals surface area (Å²) in [6, 6.07) is 26.5. The van der Waals surface area contributed by atoms with Crippen molar-refractivity contribution in [1.29, 1.82) is 0 Å². The van der Waals surface area contributed by atoms with Crippen molar-refractivity contribution < 1.29 is 4.39 Å². The summed E-state index contributed by atoms with van der Waals surface area (Å²) < 4.78 is 13.2. The smallest absolute Gasteiger partial charge is 0.123 e. The van der Waals surface area contributed by atoms with Gasteiger partial charge in [0.1, 0.15) is 11.6 Å². The Kier molecular flexibility index (Phi) is 10.4. The van der Waals surface area contributed by atoms with Crippen LogP contribution in [0.15, 0.2) is 103 Å². The third-order valence-corrected chi connectivity index (χ3v) is 5.63. The van der Waals surface area contributed by atoms with Gasteiger partial charge in [0, 0.05) is 24.7 Å². The molecule has 0 aliphatic carbocycles. The van der Waals surface area contributed by atoms with E-state index in [-0.39, 0.29) is 5.82 Å². The van der Waals surface area contributed by atoms with Gasteiger partial charge in [0.15, 0.2) is 0 Å². The lowest BCUT2D eigenvalue weighted by Gasteiger charge is -2.16. The normalized spacial score (nSPS) is 10.9. The van der Waals surface area contributed by atoms with Gasteiger partial charge in [-0.25, -0.2) is 9.37 Å². The second-order valence-corrected chi connectivity index (χ2v) is 8.19. The molecule has 0 saturated heterocycles. The van der Waals surface area contributed by atoms with Gasteiger partial charge in [-0.05, 0) is 53.6 Å². The van der Waals surface area contributed by atoms with Gasteiger partial charge in [-0.3, -0.25) is 0 Å². The molecule has 0 saturated carbocycles. The summed E-state index contributed by atoms with van der Waals surface area (Å²) in [4.78, 5) is 7.13. The minimum Gasteiger partial charge on any atom is -0.348 e. The summed E-state index contributed by atoms with van der Waals surface area (Å²) in [6.07, 6.45) is 12.1. The summed E-state index contributed by atoms with van der Waals surface area (Å²) in [5, 5.41) is 0. The van der Waals surface area contributed by atoms with E-state index in [4.69, 9.17) is 7.85 Å². The van der Waals surface area contributed by atoms with Crippen LogP contribution < -0.4 is 0 Å². The highest BCUT2D eigenvalue weighted by atomic mass is 19.1. The number of imidazole rings is 1. The number of nitrogens with one attached hydrogen (secondary N) is 1. The van der Waals surface area contributed by atoms with E-state index in [9.17, 15) is 4.39 Å². The number of halogens is 1. The lowest BCUT2D eigenvalue weighted by molar-refractivity contribution is 0.623. The largest absolute Gasteiger partial charge is 0.348 e. The highest BCUT2D eigenvalue weighted by Crippen LogP contribution is 2.28. The summed E-state index contributed by atoms with van der Waals surface area (Å²) >= 11 is 0. The second kappa shape index (κ2) is 14.0. The lowest BCUT2D eigenvalue weighted by Crippen LogP contribution is -1.99. The van der Waals surface area contributed by atoms with E-state index in [1.54, 1.807) is 24.5 Å². The van der Waals surface area contributed by atoms with E-state index in [0.29, 0.717) is 12.3 Å². The van der Waals surface area contributed by atoms with Crippen LogP contribution in [-0.2, 0) is 12.8 Å². The Morgan fingerprint density at radius 2 is 1.56 bits per heavy atom. The minimum atomic E-state index is -0.170. The molecule has 0 amide bonds. The first-order valence-electron chi connectivity index (χ1n) is 11.9. The van der Waals surface area contributed by atoms with E-state index >= 15 is 0 Å². The number of allylic oxidation sites excluding steroid dienone is 2. The molecule has 172 valence electrons. The van der Waals surface area contributed by atoms with Crippen molar-refractivity contribution in [1.82, 2.24) is 9.97 Å². The Bertz CT molecular complexity index is 1070. The van der Waals surface area contributed by atoms with Gasteiger partial charge < -0.3 is 4.98 Å². The molecule has 4 aromatic rings. The number of rotatable bonds is 9. The molecule has 0 bridgehead atoms. The first-order chi connectivity index (χ1) is 16.7. The van der Waals surface area contributed by atoms with Crippen LogP contribution in [0.1, 0.15) is 53.8 Å². The zero-order chi connectivity index (χ0) is 24.0. The fourth-order valence-corrected chi connectivity index (χ4v) is 3.89. The fourth-order valence-electron chi connectivity index (χ4n) is 3.89.